The van der Waals surface area contributed by atoms with E-state index in [-0.39, 0.29) is 28.6 Å². The molecule has 0 aromatic heterocycles. The van der Waals surface area contributed by atoms with Crippen molar-refractivity contribution in [3.05, 3.63) is 59.1 Å². The number of amides is 1. The molecule has 0 saturated carbocycles. The predicted octanol–water partition coefficient (Wildman–Crippen LogP) is 3.55. The molecule has 7 nitrogen and oxygen atoms in total. The monoisotopic (exact) mass is 481 g/mol. The maximum Gasteiger partial charge on any atom is 0.252 e. The summed E-state index contributed by atoms with van der Waals surface area (Å²) < 4.78 is 33.2. The molecule has 2 N–H and O–H groups in total. The zero-order chi connectivity index (χ0) is 23.7. The summed E-state index contributed by atoms with van der Waals surface area (Å²) in [6, 6.07) is 13.9. The smallest absolute Gasteiger partial charge is 0.252 e. The molecular formula is C23H32ClN3O4S. The van der Waals surface area contributed by atoms with E-state index in [2.05, 4.69) is 42.6 Å². The number of sulfonamides is 1. The van der Waals surface area contributed by atoms with Crippen molar-refractivity contribution in [2.45, 2.75) is 44.7 Å². The highest BCUT2D eigenvalue weighted by Crippen LogP contribution is 2.20. The number of nitrogens with zero attached hydrogens (tertiary/aromatic N) is 1. The van der Waals surface area contributed by atoms with Crippen LogP contribution < -0.4 is 14.8 Å². The van der Waals surface area contributed by atoms with E-state index in [1.807, 2.05) is 18.2 Å². The molecule has 0 fully saturated rings. The standard InChI is InChI=1S/C23H32ClN3O4S/c1-17(2)27(18(3)4)14-12-25-23(28)21-16-20(10-11-22(21)24)32(29,30)26-13-15-31-19-8-6-5-7-9-19/h5-11,16-18,26H,12-15H2,1-4H3,(H,25,28). The van der Waals surface area contributed by atoms with E-state index in [1.54, 1.807) is 12.1 Å². The van der Waals surface area contributed by atoms with Crippen molar-refractivity contribution in [1.29, 1.82) is 0 Å². The van der Waals surface area contributed by atoms with E-state index in [4.69, 9.17) is 16.3 Å². The van der Waals surface area contributed by atoms with Crippen LogP contribution in [0.15, 0.2) is 53.4 Å². The molecular weight excluding hydrogens is 450 g/mol. The summed E-state index contributed by atoms with van der Waals surface area (Å²) in [6.07, 6.45) is 0. The Kier molecular flexibility index (Phi) is 9.96. The summed E-state index contributed by atoms with van der Waals surface area (Å²) in [6.45, 7) is 9.77. The van der Waals surface area contributed by atoms with Crippen molar-refractivity contribution in [2.24, 2.45) is 0 Å². The molecule has 0 saturated heterocycles. The van der Waals surface area contributed by atoms with E-state index in [9.17, 15) is 13.2 Å². The Morgan fingerprint density at radius 1 is 1.03 bits per heavy atom. The van der Waals surface area contributed by atoms with Gasteiger partial charge in [0.2, 0.25) is 10.0 Å². The SMILES string of the molecule is CC(C)N(CCNC(=O)c1cc(S(=O)(=O)NCCOc2ccccc2)ccc1Cl)C(C)C. The Morgan fingerprint density at radius 2 is 1.69 bits per heavy atom. The minimum Gasteiger partial charge on any atom is -0.492 e. The molecule has 0 aliphatic carbocycles. The van der Waals surface area contributed by atoms with Gasteiger partial charge in [0, 0.05) is 31.7 Å². The second-order valence-corrected chi connectivity index (χ2v) is 10.1. The quantitative estimate of drug-likeness (QED) is 0.453. The van der Waals surface area contributed by atoms with Gasteiger partial charge >= 0.3 is 0 Å². The molecule has 0 spiro atoms. The second kappa shape index (κ2) is 12.2. The van der Waals surface area contributed by atoms with E-state index < -0.39 is 15.9 Å². The molecule has 0 bridgehead atoms. The van der Waals surface area contributed by atoms with Gasteiger partial charge < -0.3 is 10.1 Å². The lowest BCUT2D eigenvalue weighted by Gasteiger charge is -2.30. The fraction of sp³-hybridized carbons (Fsp3) is 0.435. The number of nitrogens with one attached hydrogen (secondary N) is 2. The van der Waals surface area contributed by atoms with Gasteiger partial charge in [0.1, 0.15) is 12.4 Å². The fourth-order valence-corrected chi connectivity index (χ4v) is 4.54. The lowest BCUT2D eigenvalue weighted by Crippen LogP contribution is -2.42. The van der Waals surface area contributed by atoms with Gasteiger partial charge in [-0.15, -0.1) is 0 Å². The minimum absolute atomic E-state index is 0.0299. The van der Waals surface area contributed by atoms with Crippen LogP contribution in [-0.2, 0) is 10.0 Å². The Hall–Kier alpha value is -2.13. The first-order valence-corrected chi connectivity index (χ1v) is 12.5. The molecule has 0 aliphatic heterocycles. The molecule has 1 amide bonds. The van der Waals surface area contributed by atoms with Crippen molar-refractivity contribution in [3.63, 3.8) is 0 Å². The first-order chi connectivity index (χ1) is 15.1. The Labute approximate surface area is 196 Å². The van der Waals surface area contributed by atoms with Crippen LogP contribution >= 0.6 is 11.6 Å². The third-order valence-corrected chi connectivity index (χ3v) is 6.67. The maximum atomic E-state index is 12.6. The van der Waals surface area contributed by atoms with Crippen molar-refractivity contribution < 1.29 is 17.9 Å². The third kappa shape index (κ3) is 7.78. The topological polar surface area (TPSA) is 87.7 Å². The van der Waals surface area contributed by atoms with E-state index in [1.165, 1.54) is 18.2 Å². The van der Waals surface area contributed by atoms with Crippen LogP contribution in [0.2, 0.25) is 5.02 Å². The second-order valence-electron chi connectivity index (χ2n) is 7.88. The number of carbonyl (C=O) groups excluding carboxylic acids is 1. The lowest BCUT2D eigenvalue weighted by molar-refractivity contribution is 0.0939. The molecule has 0 heterocycles. The number of hydrogen-bond donors (Lipinski definition) is 2. The van der Waals surface area contributed by atoms with Crippen LogP contribution in [0.5, 0.6) is 5.75 Å². The maximum absolute atomic E-state index is 12.6. The summed E-state index contributed by atoms with van der Waals surface area (Å²) in [7, 11) is -3.82. The van der Waals surface area contributed by atoms with Gasteiger partial charge in [-0.05, 0) is 58.0 Å². The van der Waals surface area contributed by atoms with Gasteiger partial charge in [0.25, 0.3) is 5.91 Å². The molecule has 32 heavy (non-hydrogen) atoms. The average molecular weight is 482 g/mol. The van der Waals surface area contributed by atoms with Gasteiger partial charge in [-0.25, -0.2) is 13.1 Å². The summed E-state index contributed by atoms with van der Waals surface area (Å²) in [5, 5.41) is 3.02. The van der Waals surface area contributed by atoms with E-state index in [0.29, 0.717) is 30.9 Å². The number of ether oxygens (including phenoxy) is 1. The number of benzene rings is 2. The zero-order valence-electron chi connectivity index (χ0n) is 19.0. The third-order valence-electron chi connectivity index (χ3n) is 4.88. The Balaban J connectivity index is 1.96. The molecule has 176 valence electrons. The van der Waals surface area contributed by atoms with Crippen LogP contribution in [0.3, 0.4) is 0 Å². The van der Waals surface area contributed by atoms with Gasteiger partial charge in [-0.3, -0.25) is 9.69 Å². The normalized spacial score (nSPS) is 11.9. The van der Waals surface area contributed by atoms with Gasteiger partial charge in [-0.2, -0.15) is 0 Å². The average Bonchev–Trinajstić information content (AvgIpc) is 2.74. The molecule has 0 aliphatic rings. The van der Waals surface area contributed by atoms with Crippen molar-refractivity contribution in [1.82, 2.24) is 14.9 Å². The van der Waals surface area contributed by atoms with Crippen LogP contribution in [0.25, 0.3) is 0 Å². The summed E-state index contributed by atoms with van der Waals surface area (Å²) in [4.78, 5) is 14.9. The van der Waals surface area contributed by atoms with E-state index >= 15 is 0 Å². The van der Waals surface area contributed by atoms with Crippen molar-refractivity contribution >= 4 is 27.5 Å². The highest BCUT2D eigenvalue weighted by Gasteiger charge is 2.19. The molecule has 2 rings (SSSR count). The number of para-hydroxylation sites is 1. The Bertz CT molecular complexity index is 974. The first-order valence-electron chi connectivity index (χ1n) is 10.6. The van der Waals surface area contributed by atoms with Crippen LogP contribution in [0.1, 0.15) is 38.1 Å². The molecule has 2 aromatic rings. The number of rotatable bonds is 12. The molecule has 9 heteroatoms. The summed E-state index contributed by atoms with van der Waals surface area (Å²) in [5.74, 6) is 0.248. The van der Waals surface area contributed by atoms with Gasteiger partial charge in [0.15, 0.2) is 0 Å². The summed E-state index contributed by atoms with van der Waals surface area (Å²) in [5.41, 5.74) is 0.121. The van der Waals surface area contributed by atoms with Crippen LogP contribution in [0.4, 0.5) is 0 Å². The zero-order valence-corrected chi connectivity index (χ0v) is 20.5. The fourth-order valence-electron chi connectivity index (χ4n) is 3.30. The van der Waals surface area contributed by atoms with Crippen LogP contribution in [-0.4, -0.2) is 57.5 Å². The van der Waals surface area contributed by atoms with Crippen LogP contribution in [0, 0.1) is 0 Å². The minimum atomic E-state index is -3.82. The highest BCUT2D eigenvalue weighted by atomic mass is 35.5. The van der Waals surface area contributed by atoms with Crippen molar-refractivity contribution in [2.75, 3.05) is 26.2 Å². The number of halogens is 1. The number of carbonyl (C=O) groups is 1. The largest absolute Gasteiger partial charge is 0.492 e. The summed E-state index contributed by atoms with van der Waals surface area (Å²) >= 11 is 6.17. The lowest BCUT2D eigenvalue weighted by atomic mass is 10.2. The first kappa shape index (κ1) is 26.1. The number of hydrogen-bond acceptors (Lipinski definition) is 5. The predicted molar refractivity (Wildman–Crippen MR) is 128 cm³/mol. The molecule has 0 unspecified atom stereocenters. The van der Waals surface area contributed by atoms with Gasteiger partial charge in [-0.1, -0.05) is 29.8 Å². The van der Waals surface area contributed by atoms with Crippen molar-refractivity contribution in [3.8, 4) is 5.75 Å². The Morgan fingerprint density at radius 3 is 2.31 bits per heavy atom. The highest BCUT2D eigenvalue weighted by molar-refractivity contribution is 7.89. The van der Waals surface area contributed by atoms with Gasteiger partial charge in [0.05, 0.1) is 15.5 Å². The molecule has 0 atom stereocenters. The molecule has 0 radical (unpaired) electrons. The van der Waals surface area contributed by atoms with E-state index in [0.717, 1.165) is 0 Å². The molecule has 2 aromatic carbocycles.